The topological polar surface area (TPSA) is 52.6 Å². The van der Waals surface area contributed by atoms with Crippen LogP contribution in [-0.4, -0.2) is 34.3 Å². The molecule has 1 aromatic rings. The Morgan fingerprint density at radius 2 is 1.90 bits per heavy atom. The SMILES string of the molecule is COC(=O)/C=C/CCC#Cc1ccccc1C=C=C(CC=O)CO[Si](C)(C)C(C)(C)C. The van der Waals surface area contributed by atoms with Crippen LogP contribution in [0.2, 0.25) is 18.1 Å². The molecule has 4 nitrogen and oxygen atoms in total. The number of carbonyl (C=O) groups excluding carboxylic acids is 2. The van der Waals surface area contributed by atoms with Gasteiger partial charge in [-0.1, -0.05) is 56.9 Å². The third-order valence-electron chi connectivity index (χ3n) is 5.25. The Morgan fingerprint density at radius 1 is 1.19 bits per heavy atom. The summed E-state index contributed by atoms with van der Waals surface area (Å²) in [5.41, 5.74) is 5.92. The molecule has 0 aromatic heterocycles. The van der Waals surface area contributed by atoms with Crippen molar-refractivity contribution in [2.45, 2.75) is 58.2 Å². The van der Waals surface area contributed by atoms with Crippen molar-refractivity contribution in [2.24, 2.45) is 0 Å². The minimum atomic E-state index is -1.90. The molecule has 0 bridgehead atoms. The fraction of sp³-hybridized carbons (Fsp3) is 0.423. The van der Waals surface area contributed by atoms with Gasteiger partial charge >= 0.3 is 5.97 Å². The molecule has 31 heavy (non-hydrogen) atoms. The van der Waals surface area contributed by atoms with Crippen LogP contribution >= 0.6 is 0 Å². The van der Waals surface area contributed by atoms with Crippen molar-refractivity contribution in [2.75, 3.05) is 13.7 Å². The van der Waals surface area contributed by atoms with Crippen molar-refractivity contribution in [1.29, 1.82) is 0 Å². The average Bonchev–Trinajstić information content (AvgIpc) is 2.72. The number of hydrogen-bond donors (Lipinski definition) is 0. The van der Waals surface area contributed by atoms with E-state index in [9.17, 15) is 9.59 Å². The maximum atomic E-state index is 11.1. The van der Waals surface area contributed by atoms with E-state index >= 15 is 0 Å². The molecule has 0 saturated carbocycles. The Hall–Kier alpha value is -2.64. The van der Waals surface area contributed by atoms with Gasteiger partial charge in [-0.05, 0) is 42.3 Å². The van der Waals surface area contributed by atoms with Crippen molar-refractivity contribution in [3.63, 3.8) is 0 Å². The first-order valence-corrected chi connectivity index (χ1v) is 13.4. The summed E-state index contributed by atoms with van der Waals surface area (Å²) in [6.45, 7) is 11.4. The molecule has 0 spiro atoms. The molecule has 1 aromatic carbocycles. The van der Waals surface area contributed by atoms with Crippen LogP contribution in [0.4, 0.5) is 0 Å². The van der Waals surface area contributed by atoms with Gasteiger partial charge in [0.2, 0.25) is 0 Å². The highest BCUT2D eigenvalue weighted by molar-refractivity contribution is 6.74. The van der Waals surface area contributed by atoms with Crippen LogP contribution < -0.4 is 0 Å². The van der Waals surface area contributed by atoms with Crippen molar-refractivity contribution in [3.8, 4) is 11.8 Å². The van der Waals surface area contributed by atoms with Gasteiger partial charge in [0.1, 0.15) is 6.29 Å². The lowest BCUT2D eigenvalue weighted by molar-refractivity contribution is -0.134. The molecule has 5 heteroatoms. The lowest BCUT2D eigenvalue weighted by Crippen LogP contribution is -2.41. The van der Waals surface area contributed by atoms with Crippen LogP contribution in [0, 0.1) is 11.8 Å². The van der Waals surface area contributed by atoms with Gasteiger partial charge in [0.05, 0.1) is 13.7 Å². The van der Waals surface area contributed by atoms with Gasteiger partial charge in [-0.2, -0.15) is 0 Å². The van der Waals surface area contributed by atoms with E-state index in [-0.39, 0.29) is 11.0 Å². The molecule has 0 amide bonds. The van der Waals surface area contributed by atoms with E-state index in [0.29, 0.717) is 25.9 Å². The monoisotopic (exact) mass is 438 g/mol. The highest BCUT2D eigenvalue weighted by Gasteiger charge is 2.37. The van der Waals surface area contributed by atoms with Gasteiger partial charge in [-0.25, -0.2) is 4.79 Å². The van der Waals surface area contributed by atoms with Crippen molar-refractivity contribution in [1.82, 2.24) is 0 Å². The van der Waals surface area contributed by atoms with Gasteiger partial charge in [0.25, 0.3) is 0 Å². The summed E-state index contributed by atoms with van der Waals surface area (Å²) in [7, 11) is -0.549. The largest absolute Gasteiger partial charge is 0.466 e. The van der Waals surface area contributed by atoms with E-state index in [1.807, 2.05) is 30.3 Å². The van der Waals surface area contributed by atoms with E-state index in [2.05, 4.69) is 56.2 Å². The van der Waals surface area contributed by atoms with Crippen LogP contribution in [0.25, 0.3) is 6.08 Å². The molecule has 0 unspecified atom stereocenters. The van der Waals surface area contributed by atoms with Crippen LogP contribution in [0.3, 0.4) is 0 Å². The quantitative estimate of drug-likeness (QED) is 0.0944. The molecule has 1 rings (SSSR count). The van der Waals surface area contributed by atoms with E-state index in [1.54, 1.807) is 6.08 Å². The van der Waals surface area contributed by atoms with Crippen molar-refractivity contribution >= 4 is 26.6 Å². The lowest BCUT2D eigenvalue weighted by atomic mass is 10.1. The third-order valence-corrected chi connectivity index (χ3v) is 9.73. The van der Waals surface area contributed by atoms with Crippen LogP contribution in [0.1, 0.15) is 51.2 Å². The molecule has 0 N–H and O–H groups in total. The molecule has 166 valence electrons. The molecule has 0 radical (unpaired) electrons. The summed E-state index contributed by atoms with van der Waals surface area (Å²) in [5.74, 6) is 5.94. The standard InChI is InChI=1S/C26H34O4Si/c1-26(2,3)31(5,6)30-21-22(19-20-27)17-18-24-15-12-11-14-23(24)13-9-7-8-10-16-25(28)29-4/h10-12,14-16,18,20H,7-8,19,21H2,1-6H3/b16-10+. The minimum absolute atomic E-state index is 0.108. The first-order valence-electron chi connectivity index (χ1n) is 10.4. The van der Waals surface area contributed by atoms with Gasteiger partial charge in [-0.15, -0.1) is 5.73 Å². The van der Waals surface area contributed by atoms with E-state index in [4.69, 9.17) is 4.43 Å². The fourth-order valence-corrected chi connectivity index (χ4v) is 3.19. The lowest BCUT2D eigenvalue weighted by Gasteiger charge is -2.36. The van der Waals surface area contributed by atoms with Crippen LogP contribution in [0.15, 0.2) is 47.7 Å². The zero-order valence-electron chi connectivity index (χ0n) is 19.6. The number of esters is 1. The molecule has 0 aliphatic carbocycles. The average molecular weight is 439 g/mol. The number of unbranched alkanes of at least 4 members (excludes halogenated alkanes) is 1. The molecule has 0 fully saturated rings. The first-order chi connectivity index (χ1) is 14.6. The van der Waals surface area contributed by atoms with Crippen LogP contribution in [-0.2, 0) is 18.8 Å². The second-order valence-corrected chi connectivity index (χ2v) is 13.5. The Morgan fingerprint density at radius 3 is 2.55 bits per heavy atom. The summed E-state index contributed by atoms with van der Waals surface area (Å²) in [6, 6.07) is 7.82. The Bertz CT molecular complexity index is 901. The molecular formula is C26H34O4Si. The van der Waals surface area contributed by atoms with Gasteiger partial charge in [-0.3, -0.25) is 0 Å². The van der Waals surface area contributed by atoms with E-state index in [1.165, 1.54) is 13.2 Å². The maximum absolute atomic E-state index is 11.1. The van der Waals surface area contributed by atoms with Crippen LogP contribution in [0.5, 0.6) is 0 Å². The number of benzene rings is 1. The summed E-state index contributed by atoms with van der Waals surface area (Å²) < 4.78 is 10.8. The number of methoxy groups -OCH3 is 1. The van der Waals surface area contributed by atoms with Gasteiger partial charge in [0, 0.05) is 30.1 Å². The number of allylic oxidation sites excluding steroid dienone is 1. The van der Waals surface area contributed by atoms with Crippen molar-refractivity contribution in [3.05, 3.63) is 58.8 Å². The zero-order chi connectivity index (χ0) is 23.3. The molecule has 0 saturated heterocycles. The van der Waals surface area contributed by atoms with Gasteiger partial charge in [0.15, 0.2) is 8.32 Å². The number of carbonyl (C=O) groups is 2. The van der Waals surface area contributed by atoms with E-state index < -0.39 is 8.32 Å². The van der Waals surface area contributed by atoms with Crippen molar-refractivity contribution < 1.29 is 18.8 Å². The second-order valence-electron chi connectivity index (χ2n) is 8.67. The summed E-state index contributed by atoms with van der Waals surface area (Å²) in [4.78, 5) is 22.2. The fourth-order valence-electron chi connectivity index (χ4n) is 2.22. The smallest absolute Gasteiger partial charge is 0.330 e. The molecule has 0 atom stereocenters. The predicted molar refractivity (Wildman–Crippen MR) is 129 cm³/mol. The second kappa shape index (κ2) is 12.9. The molecule has 0 aliphatic heterocycles. The summed E-state index contributed by atoms with van der Waals surface area (Å²) >= 11 is 0. The Kier molecular flexibility index (Phi) is 11.0. The predicted octanol–water partition coefficient (Wildman–Crippen LogP) is 5.70. The Labute approximate surface area is 188 Å². The first kappa shape index (κ1) is 26.4. The third kappa shape index (κ3) is 9.80. The molecule has 0 heterocycles. The highest BCUT2D eigenvalue weighted by atomic mass is 28.4. The van der Waals surface area contributed by atoms with Gasteiger partial charge < -0.3 is 14.0 Å². The maximum Gasteiger partial charge on any atom is 0.330 e. The number of rotatable bonds is 9. The van der Waals surface area contributed by atoms with E-state index in [0.717, 1.165) is 23.0 Å². The number of aldehydes is 1. The number of hydrogen-bond acceptors (Lipinski definition) is 4. The minimum Gasteiger partial charge on any atom is -0.466 e. The number of ether oxygens (including phenoxy) is 1. The highest BCUT2D eigenvalue weighted by Crippen LogP contribution is 2.36. The normalized spacial score (nSPS) is 11.3. The summed E-state index contributed by atoms with van der Waals surface area (Å²) in [5, 5.41) is 0.108. The zero-order valence-corrected chi connectivity index (χ0v) is 20.6. The Balaban J connectivity index is 2.95. The molecular weight excluding hydrogens is 404 g/mol. The summed E-state index contributed by atoms with van der Waals surface area (Å²) in [6.07, 6.45) is 7.53. The molecule has 0 aliphatic rings.